The molecule has 3 amide bonds. The first kappa shape index (κ1) is 28.4. The van der Waals surface area contributed by atoms with Gasteiger partial charge < -0.3 is 25.8 Å². The lowest BCUT2D eigenvalue weighted by molar-refractivity contribution is -0.132. The molecule has 3 N–H and O–H groups in total. The molecular formula is C33H38N8O2. The van der Waals surface area contributed by atoms with Crippen LogP contribution in [-0.2, 0) is 17.8 Å². The van der Waals surface area contributed by atoms with E-state index in [1.165, 1.54) is 0 Å². The second-order valence-corrected chi connectivity index (χ2v) is 11.2. The number of carbonyl (C=O) groups is 2. The zero-order valence-electron chi connectivity index (χ0n) is 24.7. The summed E-state index contributed by atoms with van der Waals surface area (Å²) < 4.78 is 1.95. The lowest BCUT2D eigenvalue weighted by Crippen LogP contribution is -2.47. The second kappa shape index (κ2) is 12.7. The molecule has 0 saturated carbocycles. The van der Waals surface area contributed by atoms with E-state index in [0.717, 1.165) is 85.0 Å². The molecule has 10 nitrogen and oxygen atoms in total. The van der Waals surface area contributed by atoms with Gasteiger partial charge >= 0.3 is 6.03 Å². The third-order valence-corrected chi connectivity index (χ3v) is 8.23. The van der Waals surface area contributed by atoms with Crippen LogP contribution in [0, 0.1) is 0 Å². The van der Waals surface area contributed by atoms with Gasteiger partial charge in [0, 0.05) is 85.6 Å². The molecule has 2 aromatic carbocycles. The molecule has 0 aliphatic carbocycles. The normalized spacial score (nSPS) is 16.4. The van der Waals surface area contributed by atoms with Crippen LogP contribution in [0.3, 0.4) is 0 Å². The number of nitrogens with one attached hydrogen (secondary N) is 3. The Morgan fingerprint density at radius 1 is 0.930 bits per heavy atom. The lowest BCUT2D eigenvalue weighted by Gasteiger charge is -2.32. The highest BCUT2D eigenvalue weighted by Gasteiger charge is 2.28. The number of aromatic nitrogens is 3. The average molecular weight is 579 g/mol. The summed E-state index contributed by atoms with van der Waals surface area (Å²) in [7, 11) is 2.10. The monoisotopic (exact) mass is 578 g/mol. The summed E-state index contributed by atoms with van der Waals surface area (Å²) in [6, 6.07) is 19.0. The van der Waals surface area contributed by atoms with E-state index in [9.17, 15) is 9.59 Å². The number of carbonyl (C=O) groups excluding carboxylic acids is 2. The topological polar surface area (TPSA) is 107 Å². The highest BCUT2D eigenvalue weighted by molar-refractivity contribution is 6.00. The van der Waals surface area contributed by atoms with Crippen molar-refractivity contribution < 1.29 is 9.59 Å². The zero-order valence-corrected chi connectivity index (χ0v) is 24.7. The predicted octanol–water partition coefficient (Wildman–Crippen LogP) is 5.17. The van der Waals surface area contributed by atoms with E-state index >= 15 is 0 Å². The minimum atomic E-state index is -0.297. The molecule has 2 aliphatic rings. The van der Waals surface area contributed by atoms with Crippen LogP contribution in [-0.4, -0.2) is 75.8 Å². The molecule has 1 atom stereocenters. The average Bonchev–Trinajstić information content (AvgIpc) is 3.65. The summed E-state index contributed by atoms with van der Waals surface area (Å²) in [4.78, 5) is 34.2. The third kappa shape index (κ3) is 6.54. The van der Waals surface area contributed by atoms with Gasteiger partial charge in [-0.05, 0) is 62.7 Å². The van der Waals surface area contributed by atoms with Gasteiger partial charge in [0.15, 0.2) is 0 Å². The molecule has 2 aliphatic heterocycles. The van der Waals surface area contributed by atoms with Crippen molar-refractivity contribution >= 4 is 29.1 Å². The zero-order chi connectivity index (χ0) is 29.8. The van der Waals surface area contributed by atoms with Crippen molar-refractivity contribution in [2.75, 3.05) is 49.2 Å². The summed E-state index contributed by atoms with van der Waals surface area (Å²) in [5.74, 6) is 1.12. The van der Waals surface area contributed by atoms with Crippen molar-refractivity contribution in [1.82, 2.24) is 24.6 Å². The Bertz CT molecular complexity index is 1580. The van der Waals surface area contributed by atoms with E-state index in [0.29, 0.717) is 12.1 Å². The number of pyridine rings is 1. The smallest absolute Gasteiger partial charge is 0.323 e. The number of urea groups is 1. The number of para-hydroxylation sites is 1. The van der Waals surface area contributed by atoms with Crippen molar-refractivity contribution in [3.63, 3.8) is 0 Å². The summed E-state index contributed by atoms with van der Waals surface area (Å²) >= 11 is 0. The summed E-state index contributed by atoms with van der Waals surface area (Å²) in [6.07, 6.45) is 6.05. The summed E-state index contributed by atoms with van der Waals surface area (Å²) in [5.41, 5.74) is 6.56. The standard InChI is InChI=1S/C33H38N8O2/c1-3-41-22-29(31(38-41)23-9-11-25(12-10-23)37-33(43)36-24-7-5-4-6-8-24)27-15-16-34-32-28(27)21-26(35-32)13-14-30(42)40-19-17-39(2)18-20-40/h4-12,15-16,22,26H,3,13-14,17-21H2,1-2H3,(H,34,35)(H2,36,37,43). The quantitative estimate of drug-likeness (QED) is 0.266. The molecule has 43 heavy (non-hydrogen) atoms. The van der Waals surface area contributed by atoms with Gasteiger partial charge in [0.05, 0.1) is 0 Å². The Morgan fingerprint density at radius 2 is 1.65 bits per heavy atom. The molecule has 1 unspecified atom stereocenters. The molecule has 2 aromatic heterocycles. The Morgan fingerprint density at radius 3 is 2.37 bits per heavy atom. The molecule has 4 aromatic rings. The number of anilines is 3. The maximum absolute atomic E-state index is 12.9. The Hall–Kier alpha value is -4.70. The first-order chi connectivity index (χ1) is 21.0. The van der Waals surface area contributed by atoms with Gasteiger partial charge in [-0.1, -0.05) is 30.3 Å². The largest absolute Gasteiger partial charge is 0.367 e. The summed E-state index contributed by atoms with van der Waals surface area (Å²) in [5, 5.41) is 14.2. The molecule has 6 rings (SSSR count). The van der Waals surface area contributed by atoms with Crippen molar-refractivity contribution in [3.8, 4) is 22.4 Å². The first-order valence-corrected chi connectivity index (χ1v) is 15.0. The SMILES string of the molecule is CCn1cc(-c2ccnc3c2CC(CCC(=O)N2CCN(C)CC2)N3)c(-c2ccc(NC(=O)Nc3ccccc3)cc2)n1. The van der Waals surface area contributed by atoms with E-state index in [-0.39, 0.29) is 18.0 Å². The van der Waals surface area contributed by atoms with Crippen molar-refractivity contribution in [2.24, 2.45) is 0 Å². The number of benzene rings is 2. The second-order valence-electron chi connectivity index (χ2n) is 11.2. The van der Waals surface area contributed by atoms with E-state index in [1.54, 1.807) is 0 Å². The minimum Gasteiger partial charge on any atom is -0.367 e. The van der Waals surface area contributed by atoms with Crippen molar-refractivity contribution in [2.45, 2.75) is 38.8 Å². The fourth-order valence-corrected chi connectivity index (χ4v) is 5.77. The van der Waals surface area contributed by atoms with Crippen LogP contribution in [0.1, 0.15) is 25.3 Å². The number of likely N-dealkylation sites (N-methyl/N-ethyl adjacent to an activating group) is 1. The van der Waals surface area contributed by atoms with Crippen LogP contribution in [0.5, 0.6) is 0 Å². The van der Waals surface area contributed by atoms with E-state index in [1.807, 2.05) is 70.4 Å². The number of rotatable bonds is 8. The molecular weight excluding hydrogens is 540 g/mol. The van der Waals surface area contributed by atoms with Crippen LogP contribution in [0.4, 0.5) is 22.0 Å². The Labute approximate surface area is 252 Å². The molecule has 4 heterocycles. The number of piperazine rings is 1. The number of hydrogen-bond acceptors (Lipinski definition) is 6. The maximum atomic E-state index is 12.9. The molecule has 10 heteroatoms. The summed E-state index contributed by atoms with van der Waals surface area (Å²) in [6.45, 7) is 6.30. The van der Waals surface area contributed by atoms with Gasteiger partial charge in [-0.3, -0.25) is 9.48 Å². The number of fused-ring (bicyclic) bond motifs is 1. The molecule has 1 saturated heterocycles. The first-order valence-electron chi connectivity index (χ1n) is 15.0. The lowest BCUT2D eigenvalue weighted by atomic mass is 9.96. The predicted molar refractivity (Wildman–Crippen MR) is 170 cm³/mol. The minimum absolute atomic E-state index is 0.164. The Balaban J connectivity index is 1.16. The van der Waals surface area contributed by atoms with E-state index in [2.05, 4.69) is 52.1 Å². The molecule has 1 fully saturated rings. The maximum Gasteiger partial charge on any atom is 0.323 e. The van der Waals surface area contributed by atoms with Crippen molar-refractivity contribution in [3.05, 3.63) is 78.6 Å². The van der Waals surface area contributed by atoms with Crippen LogP contribution >= 0.6 is 0 Å². The van der Waals surface area contributed by atoms with Crippen LogP contribution < -0.4 is 16.0 Å². The van der Waals surface area contributed by atoms with Gasteiger partial charge in [-0.2, -0.15) is 5.10 Å². The number of hydrogen-bond donors (Lipinski definition) is 3. The van der Waals surface area contributed by atoms with Gasteiger partial charge in [0.25, 0.3) is 0 Å². The van der Waals surface area contributed by atoms with Gasteiger partial charge in [0.2, 0.25) is 5.91 Å². The van der Waals surface area contributed by atoms with Crippen LogP contribution in [0.2, 0.25) is 0 Å². The van der Waals surface area contributed by atoms with Gasteiger partial charge in [-0.15, -0.1) is 0 Å². The van der Waals surface area contributed by atoms with Crippen molar-refractivity contribution in [1.29, 1.82) is 0 Å². The fourth-order valence-electron chi connectivity index (χ4n) is 5.77. The highest BCUT2D eigenvalue weighted by atomic mass is 16.2. The third-order valence-electron chi connectivity index (χ3n) is 8.23. The highest BCUT2D eigenvalue weighted by Crippen LogP contribution is 2.39. The Kier molecular flexibility index (Phi) is 8.37. The van der Waals surface area contributed by atoms with E-state index in [4.69, 9.17) is 5.10 Å². The molecule has 0 bridgehead atoms. The van der Waals surface area contributed by atoms with Gasteiger partial charge in [-0.25, -0.2) is 9.78 Å². The number of amides is 3. The molecule has 0 radical (unpaired) electrons. The van der Waals surface area contributed by atoms with Crippen LogP contribution in [0.15, 0.2) is 73.1 Å². The number of nitrogens with zero attached hydrogens (tertiary/aromatic N) is 5. The molecule has 0 spiro atoms. The van der Waals surface area contributed by atoms with Crippen LogP contribution in [0.25, 0.3) is 22.4 Å². The fraction of sp³-hybridized carbons (Fsp3) is 0.333. The van der Waals surface area contributed by atoms with E-state index < -0.39 is 0 Å². The number of aryl methyl sites for hydroxylation is 1. The molecule has 222 valence electrons. The van der Waals surface area contributed by atoms with Gasteiger partial charge in [0.1, 0.15) is 11.5 Å².